The molecule has 0 bridgehead atoms. The largest absolute Gasteiger partial charge is 0.511 e. The van der Waals surface area contributed by atoms with Gasteiger partial charge in [0.05, 0.1) is 16.3 Å². The highest BCUT2D eigenvalue weighted by Gasteiger charge is 2.32. The van der Waals surface area contributed by atoms with Crippen LogP contribution in [-0.2, 0) is 20.7 Å². The van der Waals surface area contributed by atoms with E-state index < -0.39 is 0 Å². The maximum absolute atomic E-state index is 13.0. The number of aliphatic hydroxyl groups excluding tert-OH is 1. The molecule has 1 N–H and O–H groups in total. The van der Waals surface area contributed by atoms with Gasteiger partial charge in [-0.15, -0.1) is 0 Å². The number of esters is 1. The fourth-order valence-electron chi connectivity index (χ4n) is 4.14. The second-order valence-electron chi connectivity index (χ2n) is 8.53. The molecule has 186 valence electrons. The minimum Gasteiger partial charge on any atom is -0.511 e. The Kier molecular flexibility index (Phi) is 8.68. The molecule has 0 aromatic heterocycles. The molecule has 0 amide bonds. The summed E-state index contributed by atoms with van der Waals surface area (Å²) in [7, 11) is 0. The second-order valence-corrected chi connectivity index (χ2v) is 10.8. The van der Waals surface area contributed by atoms with Crippen LogP contribution in [0.3, 0.4) is 0 Å². The van der Waals surface area contributed by atoms with Crippen LogP contribution in [0.25, 0.3) is 0 Å². The average molecular weight is 562 g/mol. The van der Waals surface area contributed by atoms with Crippen LogP contribution in [0.15, 0.2) is 82.3 Å². The summed E-state index contributed by atoms with van der Waals surface area (Å²) in [5.74, 6) is -0.941. The first-order chi connectivity index (χ1) is 17.2. The van der Waals surface area contributed by atoms with Crippen molar-refractivity contribution in [1.82, 2.24) is 0 Å². The number of halogens is 3. The molecule has 4 rings (SSSR count). The molecule has 0 saturated heterocycles. The molecule has 0 fully saturated rings. The number of hydrogen-bond donors (Lipinski definition) is 1. The molecule has 36 heavy (non-hydrogen) atoms. The first-order valence-electron chi connectivity index (χ1n) is 11.3. The Morgan fingerprint density at radius 1 is 1.00 bits per heavy atom. The van der Waals surface area contributed by atoms with E-state index >= 15 is 0 Å². The molecular weight excluding hydrogens is 539 g/mol. The van der Waals surface area contributed by atoms with Gasteiger partial charge in [-0.1, -0.05) is 89.0 Å². The Labute approximate surface area is 229 Å². The standard InChI is InChI=1S/C28H23Cl3O4S/c1-16(18-6-3-2-4-7-18)35-26(34)13-17-10-11-20(29)25(12-17)36-28-23(32)14-19(15-24(28)33)27-21(30)8-5-9-22(27)31/h2-12,16,19,32H,13-15H2,1H3/t16-,19+/m0/s1. The third kappa shape index (κ3) is 6.27. The summed E-state index contributed by atoms with van der Waals surface area (Å²) in [5, 5.41) is 12.1. The Morgan fingerprint density at radius 2 is 1.69 bits per heavy atom. The monoisotopic (exact) mass is 560 g/mol. The van der Waals surface area contributed by atoms with E-state index in [2.05, 4.69) is 0 Å². The summed E-state index contributed by atoms with van der Waals surface area (Å²) in [5.41, 5.74) is 2.26. The van der Waals surface area contributed by atoms with Gasteiger partial charge in [0.1, 0.15) is 11.9 Å². The number of rotatable bonds is 7. The number of carbonyl (C=O) groups excluding carboxylic acids is 2. The molecule has 1 aliphatic rings. The molecule has 8 heteroatoms. The van der Waals surface area contributed by atoms with Crippen LogP contribution in [0.1, 0.15) is 48.5 Å². The third-order valence-corrected chi connectivity index (χ3v) is 8.25. The Balaban J connectivity index is 1.47. The summed E-state index contributed by atoms with van der Waals surface area (Å²) in [6, 6.07) is 19.8. The molecule has 0 unspecified atom stereocenters. The van der Waals surface area contributed by atoms with E-state index in [0.717, 1.165) is 17.3 Å². The van der Waals surface area contributed by atoms with E-state index in [0.29, 0.717) is 31.1 Å². The lowest BCUT2D eigenvalue weighted by Gasteiger charge is -2.25. The van der Waals surface area contributed by atoms with E-state index in [-0.39, 0.29) is 53.7 Å². The van der Waals surface area contributed by atoms with Crippen molar-refractivity contribution in [3.05, 3.63) is 109 Å². The molecule has 0 radical (unpaired) electrons. The number of thioether (sulfide) groups is 1. The van der Waals surface area contributed by atoms with Crippen LogP contribution in [0, 0.1) is 0 Å². The van der Waals surface area contributed by atoms with Crippen LogP contribution in [-0.4, -0.2) is 16.9 Å². The molecule has 0 saturated carbocycles. The zero-order valence-electron chi connectivity index (χ0n) is 19.3. The summed E-state index contributed by atoms with van der Waals surface area (Å²) in [6.45, 7) is 1.82. The number of aliphatic hydroxyl groups is 1. The van der Waals surface area contributed by atoms with E-state index in [1.54, 1.807) is 36.4 Å². The van der Waals surface area contributed by atoms with Crippen LogP contribution >= 0.6 is 46.6 Å². The number of ether oxygens (including phenoxy) is 1. The summed E-state index contributed by atoms with van der Waals surface area (Å²) < 4.78 is 5.56. The van der Waals surface area contributed by atoms with Crippen molar-refractivity contribution in [2.24, 2.45) is 0 Å². The number of Topliss-reactive ketones (excluding diaryl/α,β-unsaturated/α-hetero) is 1. The molecular formula is C28H23Cl3O4S. The molecule has 1 aliphatic carbocycles. The number of carbonyl (C=O) groups is 2. The number of benzene rings is 3. The fraction of sp³-hybridized carbons (Fsp3) is 0.214. The lowest BCUT2D eigenvalue weighted by molar-refractivity contribution is -0.147. The predicted molar refractivity (Wildman–Crippen MR) is 145 cm³/mol. The molecule has 2 atom stereocenters. The predicted octanol–water partition coefficient (Wildman–Crippen LogP) is 8.50. The Bertz CT molecular complexity index is 1300. The first-order valence-corrected chi connectivity index (χ1v) is 13.3. The average Bonchev–Trinajstić information content (AvgIpc) is 2.83. The summed E-state index contributed by atoms with van der Waals surface area (Å²) >= 11 is 20.1. The Hall–Kier alpha value is -2.44. The fourth-order valence-corrected chi connectivity index (χ4v) is 6.07. The van der Waals surface area contributed by atoms with Crippen molar-refractivity contribution < 1.29 is 19.4 Å². The van der Waals surface area contributed by atoms with Gasteiger partial charge in [-0.05, 0) is 47.9 Å². The van der Waals surface area contributed by atoms with Crippen LogP contribution in [0.5, 0.6) is 0 Å². The topological polar surface area (TPSA) is 63.6 Å². The van der Waals surface area contributed by atoms with E-state index in [4.69, 9.17) is 39.5 Å². The van der Waals surface area contributed by atoms with Gasteiger partial charge in [-0.25, -0.2) is 0 Å². The summed E-state index contributed by atoms with van der Waals surface area (Å²) in [6.07, 6.45) is 0.0740. The lowest BCUT2D eigenvalue weighted by Crippen LogP contribution is -2.17. The normalized spacial score (nSPS) is 16.7. The van der Waals surface area contributed by atoms with E-state index in [1.807, 2.05) is 37.3 Å². The number of hydrogen-bond acceptors (Lipinski definition) is 5. The van der Waals surface area contributed by atoms with Crippen molar-refractivity contribution >= 4 is 58.3 Å². The minimum absolute atomic E-state index is 0.0326. The van der Waals surface area contributed by atoms with Crippen molar-refractivity contribution in [2.75, 3.05) is 0 Å². The highest BCUT2D eigenvalue weighted by molar-refractivity contribution is 8.04. The van der Waals surface area contributed by atoms with Gasteiger partial charge in [0.15, 0.2) is 5.78 Å². The van der Waals surface area contributed by atoms with Crippen LogP contribution in [0.4, 0.5) is 0 Å². The van der Waals surface area contributed by atoms with Gasteiger partial charge in [-0.3, -0.25) is 9.59 Å². The molecule has 3 aromatic carbocycles. The van der Waals surface area contributed by atoms with Crippen molar-refractivity contribution in [3.8, 4) is 0 Å². The maximum atomic E-state index is 13.0. The zero-order chi connectivity index (χ0) is 25.8. The number of allylic oxidation sites excluding steroid dienone is 2. The molecule has 0 heterocycles. The minimum atomic E-state index is -0.375. The highest BCUT2D eigenvalue weighted by Crippen LogP contribution is 2.45. The van der Waals surface area contributed by atoms with Gasteiger partial charge in [0.25, 0.3) is 0 Å². The van der Waals surface area contributed by atoms with Gasteiger partial charge in [0.2, 0.25) is 0 Å². The molecule has 3 aromatic rings. The third-order valence-electron chi connectivity index (χ3n) is 5.93. The highest BCUT2D eigenvalue weighted by atomic mass is 35.5. The van der Waals surface area contributed by atoms with Crippen LogP contribution < -0.4 is 0 Å². The van der Waals surface area contributed by atoms with E-state index in [1.165, 1.54) is 0 Å². The molecule has 0 aliphatic heterocycles. The van der Waals surface area contributed by atoms with Gasteiger partial charge >= 0.3 is 5.97 Å². The number of ketones is 1. The molecule has 4 nitrogen and oxygen atoms in total. The van der Waals surface area contributed by atoms with Crippen molar-refractivity contribution in [2.45, 2.75) is 43.1 Å². The quantitative estimate of drug-likeness (QED) is 0.293. The Morgan fingerprint density at radius 3 is 2.36 bits per heavy atom. The van der Waals surface area contributed by atoms with Gasteiger partial charge in [0, 0.05) is 33.7 Å². The zero-order valence-corrected chi connectivity index (χ0v) is 22.4. The van der Waals surface area contributed by atoms with Crippen molar-refractivity contribution in [1.29, 1.82) is 0 Å². The lowest BCUT2D eigenvalue weighted by atomic mass is 9.86. The molecule has 0 spiro atoms. The van der Waals surface area contributed by atoms with E-state index in [9.17, 15) is 14.7 Å². The first kappa shape index (κ1) is 26.6. The van der Waals surface area contributed by atoms with Crippen molar-refractivity contribution in [3.63, 3.8) is 0 Å². The maximum Gasteiger partial charge on any atom is 0.310 e. The van der Waals surface area contributed by atoms with Gasteiger partial charge in [-0.2, -0.15) is 0 Å². The second kappa shape index (κ2) is 11.7. The summed E-state index contributed by atoms with van der Waals surface area (Å²) in [4.78, 5) is 26.3. The van der Waals surface area contributed by atoms with Gasteiger partial charge < -0.3 is 9.84 Å². The van der Waals surface area contributed by atoms with Crippen LogP contribution in [0.2, 0.25) is 15.1 Å². The smallest absolute Gasteiger partial charge is 0.310 e. The SMILES string of the molecule is C[C@H](OC(=O)Cc1ccc(Cl)c(SC2=C(O)C[C@@H](c3c(Cl)cccc3Cl)CC2=O)c1)c1ccccc1.